The third-order valence-electron chi connectivity index (χ3n) is 3.77. The summed E-state index contributed by atoms with van der Waals surface area (Å²) in [7, 11) is 0. The predicted molar refractivity (Wildman–Crippen MR) is 106 cm³/mol. The van der Waals surface area contributed by atoms with Gasteiger partial charge in [-0.25, -0.2) is 4.98 Å². The van der Waals surface area contributed by atoms with E-state index < -0.39 is 0 Å². The van der Waals surface area contributed by atoms with Crippen molar-refractivity contribution in [3.8, 4) is 22.8 Å². The number of thiazole rings is 1. The Hall–Kier alpha value is -2.13. The lowest BCUT2D eigenvalue weighted by Gasteiger charge is -2.02. The highest BCUT2D eigenvalue weighted by Gasteiger charge is 2.17. The van der Waals surface area contributed by atoms with E-state index in [0.717, 1.165) is 31.2 Å². The second-order valence-electron chi connectivity index (χ2n) is 5.45. The molecule has 0 aliphatic carbocycles. The Morgan fingerprint density at radius 2 is 1.92 bits per heavy atom. The number of hydrogen-bond acceptors (Lipinski definition) is 5. The van der Waals surface area contributed by atoms with E-state index in [4.69, 9.17) is 9.47 Å². The number of anilines is 1. The molecule has 2 heterocycles. The number of halogens is 1. The zero-order valence-corrected chi connectivity index (χ0v) is 16.2. The maximum Gasteiger partial charge on any atom is 0.257 e. The number of benzene rings is 2. The Morgan fingerprint density at radius 1 is 1.16 bits per heavy atom. The van der Waals surface area contributed by atoms with E-state index in [1.807, 2.05) is 37.3 Å². The minimum absolute atomic E-state index is 0.164. The van der Waals surface area contributed by atoms with Crippen molar-refractivity contribution >= 4 is 45.0 Å². The molecule has 3 aromatic rings. The van der Waals surface area contributed by atoms with Crippen LogP contribution in [0.15, 0.2) is 42.5 Å². The van der Waals surface area contributed by atoms with Crippen LogP contribution in [0.3, 0.4) is 0 Å². The van der Waals surface area contributed by atoms with Gasteiger partial charge in [0.15, 0.2) is 16.6 Å². The number of aromatic nitrogens is 1. The van der Waals surface area contributed by atoms with E-state index in [1.54, 1.807) is 12.1 Å². The molecular formula is C18H13IN2O3S. The fraction of sp³-hybridized carbons (Fsp3) is 0.111. The molecule has 1 aliphatic rings. The van der Waals surface area contributed by atoms with Crippen LogP contribution in [0.25, 0.3) is 11.3 Å². The van der Waals surface area contributed by atoms with Crippen LogP contribution in [0.2, 0.25) is 0 Å². The van der Waals surface area contributed by atoms with Crippen molar-refractivity contribution in [1.29, 1.82) is 0 Å². The summed E-state index contributed by atoms with van der Waals surface area (Å²) in [6.45, 7) is 2.23. The lowest BCUT2D eigenvalue weighted by Crippen LogP contribution is -2.11. The Morgan fingerprint density at radius 3 is 2.72 bits per heavy atom. The summed E-state index contributed by atoms with van der Waals surface area (Å²) < 4.78 is 11.8. The molecular weight excluding hydrogens is 451 g/mol. The highest BCUT2D eigenvalue weighted by molar-refractivity contribution is 14.1. The number of hydrogen-bond donors (Lipinski definition) is 1. The summed E-state index contributed by atoms with van der Waals surface area (Å²) in [5, 5.41) is 3.45. The van der Waals surface area contributed by atoms with Crippen LogP contribution >= 0.6 is 33.9 Å². The van der Waals surface area contributed by atoms with Crippen molar-refractivity contribution in [3.05, 3.63) is 56.5 Å². The fourth-order valence-electron chi connectivity index (χ4n) is 2.53. The molecule has 0 saturated carbocycles. The summed E-state index contributed by atoms with van der Waals surface area (Å²) in [6, 6.07) is 13.1. The van der Waals surface area contributed by atoms with Crippen LogP contribution in [-0.2, 0) is 0 Å². The van der Waals surface area contributed by atoms with Gasteiger partial charge < -0.3 is 9.47 Å². The van der Waals surface area contributed by atoms with Gasteiger partial charge in [-0.05, 0) is 72.0 Å². The Labute approximate surface area is 162 Å². The van der Waals surface area contributed by atoms with Crippen molar-refractivity contribution in [1.82, 2.24) is 4.98 Å². The molecule has 0 unspecified atom stereocenters. The minimum Gasteiger partial charge on any atom is -0.454 e. The van der Waals surface area contributed by atoms with Gasteiger partial charge in [0.05, 0.1) is 5.69 Å². The number of fused-ring (bicyclic) bond motifs is 1. The highest BCUT2D eigenvalue weighted by Crippen LogP contribution is 2.38. The highest BCUT2D eigenvalue weighted by atomic mass is 127. The molecule has 0 saturated heterocycles. The van der Waals surface area contributed by atoms with Crippen molar-refractivity contribution in [3.63, 3.8) is 0 Å². The average Bonchev–Trinajstić information content (AvgIpc) is 3.21. The summed E-state index contributed by atoms with van der Waals surface area (Å²) in [4.78, 5) is 18.0. The van der Waals surface area contributed by atoms with Crippen LogP contribution in [0.1, 0.15) is 15.2 Å². The van der Waals surface area contributed by atoms with Crippen molar-refractivity contribution in [2.75, 3.05) is 12.1 Å². The maximum atomic E-state index is 12.4. The molecule has 7 heteroatoms. The topological polar surface area (TPSA) is 60.5 Å². The monoisotopic (exact) mass is 464 g/mol. The summed E-state index contributed by atoms with van der Waals surface area (Å²) in [5.74, 6) is 1.29. The standard InChI is InChI=1S/C18H13IN2O3S/c1-10-16(12-4-7-14-15(8-12)24-9-23-14)20-18(25-10)21-17(22)11-2-5-13(19)6-3-11/h2-8H,9H2,1H3,(H,20,21,22). The van der Waals surface area contributed by atoms with Crippen molar-refractivity contribution < 1.29 is 14.3 Å². The number of amides is 1. The summed E-state index contributed by atoms with van der Waals surface area (Å²) >= 11 is 3.66. The van der Waals surface area contributed by atoms with E-state index >= 15 is 0 Å². The first-order chi connectivity index (χ1) is 12.1. The molecule has 0 fully saturated rings. The summed E-state index contributed by atoms with van der Waals surface area (Å²) in [6.07, 6.45) is 0. The van der Waals surface area contributed by atoms with Gasteiger partial charge in [-0.1, -0.05) is 0 Å². The summed E-state index contributed by atoms with van der Waals surface area (Å²) in [5.41, 5.74) is 2.38. The average molecular weight is 464 g/mol. The quantitative estimate of drug-likeness (QED) is 0.571. The number of aryl methyl sites for hydroxylation is 1. The third-order valence-corrected chi connectivity index (χ3v) is 5.37. The molecule has 0 spiro atoms. The molecule has 2 aromatic carbocycles. The lowest BCUT2D eigenvalue weighted by atomic mass is 10.1. The normalized spacial score (nSPS) is 12.2. The first-order valence-electron chi connectivity index (χ1n) is 7.54. The SMILES string of the molecule is Cc1sc(NC(=O)c2ccc(I)cc2)nc1-c1ccc2c(c1)OCO2. The van der Waals surface area contributed by atoms with Gasteiger partial charge in [0.1, 0.15) is 0 Å². The molecule has 0 bridgehead atoms. The van der Waals surface area contributed by atoms with Gasteiger partial charge in [-0.15, -0.1) is 11.3 Å². The van der Waals surface area contributed by atoms with Gasteiger partial charge in [0, 0.05) is 19.6 Å². The van der Waals surface area contributed by atoms with Gasteiger partial charge >= 0.3 is 0 Å². The molecule has 25 heavy (non-hydrogen) atoms. The number of rotatable bonds is 3. The zero-order chi connectivity index (χ0) is 17.4. The second kappa shape index (κ2) is 6.64. The Kier molecular flexibility index (Phi) is 4.34. The third kappa shape index (κ3) is 3.34. The molecule has 0 radical (unpaired) electrons. The number of nitrogens with one attached hydrogen (secondary N) is 1. The molecule has 1 amide bonds. The van der Waals surface area contributed by atoms with Gasteiger partial charge in [0.25, 0.3) is 5.91 Å². The molecule has 1 aromatic heterocycles. The smallest absolute Gasteiger partial charge is 0.257 e. The number of carbonyl (C=O) groups is 1. The Balaban J connectivity index is 1.58. The van der Waals surface area contributed by atoms with Crippen LogP contribution in [-0.4, -0.2) is 17.7 Å². The molecule has 1 aliphatic heterocycles. The van der Waals surface area contributed by atoms with Gasteiger partial charge in [-0.3, -0.25) is 10.1 Å². The number of carbonyl (C=O) groups excluding carboxylic acids is 1. The second-order valence-corrected chi connectivity index (χ2v) is 7.90. The minimum atomic E-state index is -0.164. The number of ether oxygens (including phenoxy) is 2. The van der Waals surface area contributed by atoms with Crippen LogP contribution in [0.4, 0.5) is 5.13 Å². The maximum absolute atomic E-state index is 12.4. The zero-order valence-electron chi connectivity index (χ0n) is 13.2. The van der Waals surface area contributed by atoms with E-state index in [-0.39, 0.29) is 12.7 Å². The van der Waals surface area contributed by atoms with Gasteiger partial charge in [-0.2, -0.15) is 0 Å². The van der Waals surface area contributed by atoms with E-state index in [2.05, 4.69) is 32.9 Å². The molecule has 5 nitrogen and oxygen atoms in total. The molecule has 0 atom stereocenters. The Bertz CT molecular complexity index is 953. The number of nitrogens with zero attached hydrogens (tertiary/aromatic N) is 1. The predicted octanol–water partition coefficient (Wildman–Crippen LogP) is 4.70. The fourth-order valence-corrected chi connectivity index (χ4v) is 3.72. The van der Waals surface area contributed by atoms with Crippen LogP contribution in [0.5, 0.6) is 11.5 Å². The molecule has 4 rings (SSSR count). The van der Waals surface area contributed by atoms with E-state index in [0.29, 0.717) is 10.7 Å². The first-order valence-corrected chi connectivity index (χ1v) is 9.44. The van der Waals surface area contributed by atoms with Crippen molar-refractivity contribution in [2.24, 2.45) is 0 Å². The first kappa shape index (κ1) is 16.3. The van der Waals surface area contributed by atoms with Crippen molar-refractivity contribution in [2.45, 2.75) is 6.92 Å². The van der Waals surface area contributed by atoms with Crippen LogP contribution in [0, 0.1) is 10.5 Å². The molecule has 1 N–H and O–H groups in total. The van der Waals surface area contributed by atoms with E-state index in [9.17, 15) is 4.79 Å². The van der Waals surface area contributed by atoms with Gasteiger partial charge in [0.2, 0.25) is 6.79 Å². The molecule has 126 valence electrons. The lowest BCUT2D eigenvalue weighted by molar-refractivity contribution is 0.102. The largest absolute Gasteiger partial charge is 0.454 e. The van der Waals surface area contributed by atoms with E-state index in [1.165, 1.54) is 11.3 Å². The van der Waals surface area contributed by atoms with Crippen LogP contribution < -0.4 is 14.8 Å².